The maximum absolute atomic E-state index is 9.76. The number of hydrogen-bond acceptors (Lipinski definition) is 2. The number of rotatable bonds is 3. The Morgan fingerprint density at radius 1 is 1.22 bits per heavy atom. The number of hydrogen-bond donors (Lipinski definition) is 1. The summed E-state index contributed by atoms with van der Waals surface area (Å²) < 4.78 is 1.01. The standard InChI is InChI=1S/C14H15ClNOS/c1-10-6-7-11(2)12(8-10)9-18-14-5-3-4-13(15)16(14)17/h3-8,17H,9H2,1-2H3/q+1. The zero-order valence-electron chi connectivity index (χ0n) is 10.4. The summed E-state index contributed by atoms with van der Waals surface area (Å²) in [6, 6.07) is 11.7. The van der Waals surface area contributed by atoms with Crippen LogP contribution in [0.15, 0.2) is 41.4 Å². The molecule has 0 aliphatic carbocycles. The molecule has 4 heteroatoms. The maximum atomic E-state index is 9.76. The minimum absolute atomic E-state index is 0.320. The molecule has 0 radical (unpaired) electrons. The third-order valence-electron chi connectivity index (χ3n) is 2.76. The first-order valence-corrected chi connectivity index (χ1v) is 7.03. The van der Waals surface area contributed by atoms with E-state index in [1.54, 1.807) is 17.8 Å². The van der Waals surface area contributed by atoms with Gasteiger partial charge in [0, 0.05) is 22.6 Å². The molecule has 2 nitrogen and oxygen atoms in total. The molecular weight excluding hydrogens is 266 g/mol. The molecule has 0 saturated heterocycles. The van der Waals surface area contributed by atoms with Crippen molar-refractivity contribution in [3.63, 3.8) is 0 Å². The minimum Gasteiger partial charge on any atom is -0.282 e. The molecule has 18 heavy (non-hydrogen) atoms. The number of aryl methyl sites for hydroxylation is 2. The van der Waals surface area contributed by atoms with Crippen LogP contribution in [-0.2, 0) is 5.75 Å². The number of pyridine rings is 1. The van der Waals surface area contributed by atoms with Crippen molar-refractivity contribution >= 4 is 23.4 Å². The zero-order valence-corrected chi connectivity index (χ0v) is 11.9. The van der Waals surface area contributed by atoms with Gasteiger partial charge >= 0.3 is 5.15 Å². The highest BCUT2D eigenvalue weighted by Crippen LogP contribution is 2.23. The lowest BCUT2D eigenvalue weighted by Gasteiger charge is -2.05. The molecule has 0 bridgehead atoms. The lowest BCUT2D eigenvalue weighted by atomic mass is 10.1. The van der Waals surface area contributed by atoms with Crippen LogP contribution in [-0.4, -0.2) is 5.21 Å². The summed E-state index contributed by atoms with van der Waals surface area (Å²) in [5.74, 6) is 0.814. The van der Waals surface area contributed by atoms with Crippen LogP contribution in [0.5, 0.6) is 0 Å². The molecule has 94 valence electrons. The summed E-state index contributed by atoms with van der Waals surface area (Å²) in [5.41, 5.74) is 3.79. The number of halogens is 1. The minimum atomic E-state index is 0.320. The molecule has 2 rings (SSSR count). The van der Waals surface area contributed by atoms with E-state index in [2.05, 4.69) is 32.0 Å². The zero-order chi connectivity index (χ0) is 13.1. The van der Waals surface area contributed by atoms with E-state index in [1.807, 2.05) is 12.1 Å². The quantitative estimate of drug-likeness (QED) is 0.400. The molecule has 0 atom stereocenters. The van der Waals surface area contributed by atoms with E-state index in [-0.39, 0.29) is 0 Å². The van der Waals surface area contributed by atoms with Crippen LogP contribution in [0.1, 0.15) is 16.7 Å². The molecule has 0 fully saturated rings. The van der Waals surface area contributed by atoms with Crippen molar-refractivity contribution < 1.29 is 9.94 Å². The van der Waals surface area contributed by atoms with Gasteiger partial charge in [0.05, 0.1) is 0 Å². The van der Waals surface area contributed by atoms with Gasteiger partial charge in [-0.3, -0.25) is 5.21 Å². The number of nitrogens with zero attached hydrogens (tertiary/aromatic N) is 1. The van der Waals surface area contributed by atoms with Gasteiger partial charge in [-0.2, -0.15) is 0 Å². The molecule has 0 amide bonds. The van der Waals surface area contributed by atoms with Gasteiger partial charge in [-0.25, -0.2) is 0 Å². The van der Waals surface area contributed by atoms with Crippen LogP contribution >= 0.6 is 23.4 Å². The molecule has 1 aromatic carbocycles. The van der Waals surface area contributed by atoms with Gasteiger partial charge in [-0.1, -0.05) is 23.8 Å². The third-order valence-corrected chi connectivity index (χ3v) is 4.11. The molecular formula is C14H15ClNOS+. The Bertz CT molecular complexity index is 570. The summed E-state index contributed by atoms with van der Waals surface area (Å²) in [6.45, 7) is 4.18. The highest BCUT2D eigenvalue weighted by atomic mass is 35.5. The van der Waals surface area contributed by atoms with Crippen molar-refractivity contribution in [3.8, 4) is 0 Å². The molecule has 0 saturated carbocycles. The van der Waals surface area contributed by atoms with E-state index >= 15 is 0 Å². The van der Waals surface area contributed by atoms with Crippen molar-refractivity contribution in [2.45, 2.75) is 24.6 Å². The summed E-state index contributed by atoms with van der Waals surface area (Å²) in [5, 5.41) is 10.8. The maximum Gasteiger partial charge on any atom is 0.326 e. The van der Waals surface area contributed by atoms with Crippen molar-refractivity contribution in [3.05, 3.63) is 58.2 Å². The summed E-state index contributed by atoms with van der Waals surface area (Å²) in [7, 11) is 0. The molecule has 1 aromatic heterocycles. The molecule has 0 aliphatic heterocycles. The molecule has 0 unspecified atom stereocenters. The van der Waals surface area contributed by atoms with E-state index in [1.165, 1.54) is 16.7 Å². The Balaban J connectivity index is 2.16. The Hall–Kier alpha value is -1.19. The molecule has 2 aromatic rings. The number of benzene rings is 1. The van der Waals surface area contributed by atoms with Crippen molar-refractivity contribution in [1.29, 1.82) is 0 Å². The fourth-order valence-corrected chi connectivity index (χ4v) is 2.90. The van der Waals surface area contributed by atoms with E-state index in [0.717, 1.165) is 15.5 Å². The highest BCUT2D eigenvalue weighted by Gasteiger charge is 2.15. The van der Waals surface area contributed by atoms with Crippen LogP contribution in [0.4, 0.5) is 0 Å². The monoisotopic (exact) mass is 280 g/mol. The van der Waals surface area contributed by atoms with E-state index in [9.17, 15) is 5.21 Å². The normalized spacial score (nSPS) is 10.6. The molecule has 1 heterocycles. The average molecular weight is 281 g/mol. The second-order valence-corrected chi connectivity index (χ2v) is 5.60. The predicted octanol–water partition coefficient (Wildman–Crippen LogP) is 3.77. The van der Waals surface area contributed by atoms with Gasteiger partial charge in [-0.15, -0.1) is 0 Å². The first kappa shape index (κ1) is 13.2. The first-order chi connectivity index (χ1) is 8.58. The van der Waals surface area contributed by atoms with Crippen molar-refractivity contribution in [1.82, 2.24) is 0 Å². The largest absolute Gasteiger partial charge is 0.326 e. The second-order valence-electron chi connectivity index (χ2n) is 4.22. The lowest BCUT2D eigenvalue weighted by Crippen LogP contribution is -2.33. The molecule has 1 N–H and O–H groups in total. The summed E-state index contributed by atoms with van der Waals surface area (Å²) >= 11 is 7.42. The van der Waals surface area contributed by atoms with Crippen LogP contribution in [0, 0.1) is 13.8 Å². The SMILES string of the molecule is Cc1ccc(C)c(CSc2cccc(Cl)[n+]2O)c1. The van der Waals surface area contributed by atoms with Gasteiger partial charge < -0.3 is 0 Å². The average Bonchev–Trinajstić information content (AvgIpc) is 2.35. The van der Waals surface area contributed by atoms with Gasteiger partial charge in [0.15, 0.2) is 0 Å². The van der Waals surface area contributed by atoms with Crippen molar-refractivity contribution in [2.24, 2.45) is 0 Å². The predicted molar refractivity (Wildman–Crippen MR) is 74.3 cm³/mol. The summed E-state index contributed by atoms with van der Waals surface area (Å²) in [4.78, 5) is 0. The number of thioether (sulfide) groups is 1. The fourth-order valence-electron chi connectivity index (χ4n) is 1.67. The van der Waals surface area contributed by atoms with Gasteiger partial charge in [0.2, 0.25) is 0 Å². The van der Waals surface area contributed by atoms with Crippen LogP contribution < -0.4 is 4.73 Å². The smallest absolute Gasteiger partial charge is 0.282 e. The third kappa shape index (κ3) is 2.98. The highest BCUT2D eigenvalue weighted by molar-refractivity contribution is 7.98. The van der Waals surface area contributed by atoms with Crippen LogP contribution in [0.25, 0.3) is 0 Å². The van der Waals surface area contributed by atoms with E-state index < -0.39 is 0 Å². The lowest BCUT2D eigenvalue weighted by molar-refractivity contribution is -0.930. The molecule has 0 aliphatic rings. The topological polar surface area (TPSA) is 24.1 Å². The van der Waals surface area contributed by atoms with Gasteiger partial charge in [0.25, 0.3) is 5.03 Å². The molecule has 0 spiro atoms. The van der Waals surface area contributed by atoms with Crippen molar-refractivity contribution in [2.75, 3.05) is 0 Å². The van der Waals surface area contributed by atoms with Crippen LogP contribution in [0.3, 0.4) is 0 Å². The Morgan fingerprint density at radius 3 is 2.78 bits per heavy atom. The van der Waals surface area contributed by atoms with Crippen LogP contribution in [0.2, 0.25) is 5.15 Å². The van der Waals surface area contributed by atoms with E-state index in [4.69, 9.17) is 11.6 Å². The summed E-state index contributed by atoms with van der Waals surface area (Å²) in [6.07, 6.45) is 0. The second kappa shape index (κ2) is 5.63. The Morgan fingerprint density at radius 2 is 2.00 bits per heavy atom. The first-order valence-electron chi connectivity index (χ1n) is 5.66. The number of aromatic nitrogens is 1. The van der Waals surface area contributed by atoms with Gasteiger partial charge in [0.1, 0.15) is 0 Å². The Kier molecular flexibility index (Phi) is 4.15. The fraction of sp³-hybridized carbons (Fsp3) is 0.214. The van der Waals surface area contributed by atoms with Gasteiger partial charge in [-0.05, 0) is 54.4 Å². The Labute approximate surface area is 116 Å². The van der Waals surface area contributed by atoms with E-state index in [0.29, 0.717) is 5.15 Å².